The number of esters is 1. The zero-order valence-corrected chi connectivity index (χ0v) is 12.8. The summed E-state index contributed by atoms with van der Waals surface area (Å²) in [5.74, 6) is 0.156. The van der Waals surface area contributed by atoms with E-state index < -0.39 is 0 Å². The molecule has 0 aliphatic carbocycles. The fourth-order valence-corrected chi connectivity index (χ4v) is 4.15. The Kier molecular flexibility index (Phi) is 3.85. The van der Waals surface area contributed by atoms with Gasteiger partial charge in [-0.25, -0.2) is 0 Å². The minimum absolute atomic E-state index is 0.0478. The number of carbonyl (C=O) groups excluding carboxylic acids is 1. The fraction of sp³-hybridized carbons (Fsp3) is 0.500. The summed E-state index contributed by atoms with van der Waals surface area (Å²) in [5, 5.41) is 0. The van der Waals surface area contributed by atoms with E-state index in [1.54, 1.807) is 0 Å². The van der Waals surface area contributed by atoms with Crippen LogP contribution >= 0.6 is 0 Å². The third kappa shape index (κ3) is 2.40. The van der Waals surface area contributed by atoms with Crippen LogP contribution in [0.2, 0.25) is 0 Å². The molecule has 4 atom stereocenters. The van der Waals surface area contributed by atoms with Crippen LogP contribution in [0.4, 0.5) is 0 Å². The highest BCUT2D eigenvalue weighted by Crippen LogP contribution is 2.46. The molecule has 2 unspecified atom stereocenters. The Hall–Kier alpha value is -1.61. The molecule has 0 spiro atoms. The number of methoxy groups -OCH3 is 1. The molecule has 0 amide bonds. The molecule has 112 valence electrons. The number of rotatable bonds is 3. The van der Waals surface area contributed by atoms with Crippen molar-refractivity contribution in [2.24, 2.45) is 5.92 Å². The Morgan fingerprint density at radius 3 is 2.67 bits per heavy atom. The maximum atomic E-state index is 12.3. The summed E-state index contributed by atoms with van der Waals surface area (Å²) < 4.78 is 5.10. The number of fused-ring (bicyclic) bond motifs is 2. The number of carbonyl (C=O) groups is 1. The molecule has 0 radical (unpaired) electrons. The van der Waals surface area contributed by atoms with Crippen molar-refractivity contribution in [1.29, 1.82) is 0 Å². The lowest BCUT2D eigenvalue weighted by Gasteiger charge is -2.41. The van der Waals surface area contributed by atoms with Crippen LogP contribution in [0.3, 0.4) is 0 Å². The Bertz CT molecular complexity index is 537. The van der Waals surface area contributed by atoms with Crippen molar-refractivity contribution in [3.8, 4) is 0 Å². The minimum atomic E-state index is -0.0648. The molecule has 1 aromatic carbocycles. The van der Waals surface area contributed by atoms with Crippen LogP contribution in [-0.4, -0.2) is 37.1 Å². The summed E-state index contributed by atoms with van der Waals surface area (Å²) in [6, 6.07) is 9.36. The largest absolute Gasteiger partial charge is 0.469 e. The molecule has 2 bridgehead atoms. The lowest BCUT2D eigenvalue weighted by Crippen LogP contribution is -2.49. The normalized spacial score (nSPS) is 31.9. The standard InChI is InChI=1S/C18H23NO2/c1-4-12-5-7-13(8-6-12)15-11-14-9-10-16(19(14)2)17(15)18(20)21-3/h4-8,14-17H,1,9-11H2,2-3H3/t14?,15-,16?,17+/m1/s1. The van der Waals surface area contributed by atoms with Crippen molar-refractivity contribution >= 4 is 12.0 Å². The van der Waals surface area contributed by atoms with E-state index in [0.717, 1.165) is 18.4 Å². The van der Waals surface area contributed by atoms with Gasteiger partial charge in [0.25, 0.3) is 0 Å². The summed E-state index contributed by atoms with van der Waals surface area (Å²) in [6.07, 6.45) is 5.18. The number of ether oxygens (including phenoxy) is 1. The SMILES string of the molecule is C=Cc1ccc([C@H]2CC3CCC([C@H]2C(=O)OC)N3C)cc1. The lowest BCUT2D eigenvalue weighted by atomic mass is 9.76. The van der Waals surface area contributed by atoms with Gasteiger partial charge in [0.1, 0.15) is 0 Å². The van der Waals surface area contributed by atoms with Crippen LogP contribution in [0.1, 0.15) is 36.3 Å². The van der Waals surface area contributed by atoms with Crippen LogP contribution in [0.5, 0.6) is 0 Å². The second-order valence-corrected chi connectivity index (χ2v) is 6.23. The number of hydrogen-bond donors (Lipinski definition) is 0. The van der Waals surface area contributed by atoms with E-state index in [1.165, 1.54) is 19.1 Å². The third-order valence-corrected chi connectivity index (χ3v) is 5.34. The Labute approximate surface area is 126 Å². The van der Waals surface area contributed by atoms with E-state index in [0.29, 0.717) is 12.1 Å². The van der Waals surface area contributed by atoms with E-state index in [1.807, 2.05) is 6.08 Å². The molecule has 0 aromatic heterocycles. The second-order valence-electron chi connectivity index (χ2n) is 6.23. The van der Waals surface area contributed by atoms with Gasteiger partial charge in [-0.3, -0.25) is 9.69 Å². The van der Waals surface area contributed by atoms with Gasteiger partial charge in [-0.2, -0.15) is 0 Å². The average Bonchev–Trinajstić information content (AvgIpc) is 2.76. The maximum absolute atomic E-state index is 12.3. The van der Waals surface area contributed by atoms with Gasteiger partial charge in [0.15, 0.2) is 0 Å². The maximum Gasteiger partial charge on any atom is 0.310 e. The van der Waals surface area contributed by atoms with Crippen LogP contribution in [0, 0.1) is 5.92 Å². The van der Waals surface area contributed by atoms with Crippen LogP contribution in [0.25, 0.3) is 6.08 Å². The van der Waals surface area contributed by atoms with Gasteiger partial charge in [0.05, 0.1) is 13.0 Å². The molecular formula is C18H23NO2. The highest BCUT2D eigenvalue weighted by Gasteiger charge is 2.49. The van der Waals surface area contributed by atoms with Crippen LogP contribution in [0.15, 0.2) is 30.8 Å². The Morgan fingerprint density at radius 1 is 1.33 bits per heavy atom. The summed E-state index contributed by atoms with van der Waals surface area (Å²) in [4.78, 5) is 14.7. The zero-order chi connectivity index (χ0) is 15.0. The average molecular weight is 285 g/mol. The van der Waals surface area contributed by atoms with Gasteiger partial charge in [-0.1, -0.05) is 36.9 Å². The van der Waals surface area contributed by atoms with Crippen molar-refractivity contribution in [3.63, 3.8) is 0 Å². The van der Waals surface area contributed by atoms with E-state index in [4.69, 9.17) is 4.74 Å². The van der Waals surface area contributed by atoms with Crippen molar-refractivity contribution in [1.82, 2.24) is 4.90 Å². The monoisotopic (exact) mass is 285 g/mol. The van der Waals surface area contributed by atoms with Crippen LogP contribution < -0.4 is 0 Å². The number of piperidine rings is 1. The Morgan fingerprint density at radius 2 is 2.05 bits per heavy atom. The molecule has 21 heavy (non-hydrogen) atoms. The van der Waals surface area contributed by atoms with Crippen molar-refractivity contribution in [2.45, 2.75) is 37.3 Å². The molecule has 3 heteroatoms. The quantitative estimate of drug-likeness (QED) is 0.799. The molecule has 3 rings (SSSR count). The molecule has 1 aromatic rings. The van der Waals surface area contributed by atoms with Gasteiger partial charge < -0.3 is 4.74 Å². The van der Waals surface area contributed by atoms with Crippen molar-refractivity contribution < 1.29 is 9.53 Å². The van der Waals surface area contributed by atoms with Gasteiger partial charge in [-0.05, 0) is 37.4 Å². The van der Waals surface area contributed by atoms with E-state index >= 15 is 0 Å². The summed E-state index contributed by atoms with van der Waals surface area (Å²) in [6.45, 7) is 3.79. The number of nitrogens with zero attached hydrogens (tertiary/aromatic N) is 1. The smallest absolute Gasteiger partial charge is 0.310 e. The molecule has 2 aliphatic rings. The van der Waals surface area contributed by atoms with Crippen LogP contribution in [-0.2, 0) is 9.53 Å². The first-order chi connectivity index (χ1) is 10.2. The first kappa shape index (κ1) is 14.3. The number of hydrogen-bond acceptors (Lipinski definition) is 3. The van der Waals surface area contributed by atoms with E-state index in [9.17, 15) is 4.79 Å². The lowest BCUT2D eigenvalue weighted by molar-refractivity contribution is -0.150. The first-order valence-electron chi connectivity index (χ1n) is 7.68. The molecule has 2 heterocycles. The molecule has 2 fully saturated rings. The summed E-state index contributed by atoms with van der Waals surface area (Å²) in [7, 11) is 3.65. The predicted molar refractivity (Wildman–Crippen MR) is 84.0 cm³/mol. The molecule has 3 nitrogen and oxygen atoms in total. The molecule has 2 aliphatic heterocycles. The van der Waals surface area contributed by atoms with E-state index in [-0.39, 0.29) is 17.8 Å². The van der Waals surface area contributed by atoms with Gasteiger partial charge in [-0.15, -0.1) is 0 Å². The highest BCUT2D eigenvalue weighted by molar-refractivity contribution is 5.75. The topological polar surface area (TPSA) is 29.5 Å². The molecule has 2 saturated heterocycles. The zero-order valence-electron chi connectivity index (χ0n) is 12.8. The highest BCUT2D eigenvalue weighted by atomic mass is 16.5. The van der Waals surface area contributed by atoms with Crippen molar-refractivity contribution in [2.75, 3.05) is 14.2 Å². The van der Waals surface area contributed by atoms with Gasteiger partial charge in [0, 0.05) is 18.0 Å². The molecule has 0 saturated carbocycles. The Balaban J connectivity index is 1.94. The van der Waals surface area contributed by atoms with Gasteiger partial charge in [0.2, 0.25) is 0 Å². The van der Waals surface area contributed by atoms with Gasteiger partial charge >= 0.3 is 5.97 Å². The fourth-order valence-electron chi connectivity index (χ4n) is 4.15. The first-order valence-corrected chi connectivity index (χ1v) is 7.68. The summed E-state index contributed by atoms with van der Waals surface area (Å²) in [5.41, 5.74) is 2.37. The third-order valence-electron chi connectivity index (χ3n) is 5.34. The minimum Gasteiger partial charge on any atom is -0.469 e. The second kappa shape index (κ2) is 5.64. The van der Waals surface area contributed by atoms with Crippen molar-refractivity contribution in [3.05, 3.63) is 42.0 Å². The number of benzene rings is 1. The van der Waals surface area contributed by atoms with E-state index in [2.05, 4.69) is 42.8 Å². The predicted octanol–water partition coefficient (Wildman–Crippen LogP) is 3.07. The molecular weight excluding hydrogens is 262 g/mol. The summed E-state index contributed by atoms with van der Waals surface area (Å²) >= 11 is 0. The molecule has 0 N–H and O–H groups in total.